The van der Waals surface area contributed by atoms with Crippen LogP contribution in [0.1, 0.15) is 31.2 Å². The summed E-state index contributed by atoms with van der Waals surface area (Å²) in [7, 11) is 4.06. The van der Waals surface area contributed by atoms with E-state index in [4.69, 9.17) is 14.5 Å². The van der Waals surface area contributed by atoms with Gasteiger partial charge in [-0.2, -0.15) is 4.98 Å². The standard InChI is InChI=1S/C25H33N7O3/c1-31(2)16-17-13-27-25(28-14-17)29-18-3-5-20(6-4-18)35-24-21-11-19(33)15-26-22(21)12-23(30-24)32-7-9-34-10-8-32/h11-15,18,20,33H,3-10,16H2,1-2H3,(H,27,28,29). The van der Waals surface area contributed by atoms with E-state index < -0.39 is 0 Å². The molecule has 1 aliphatic heterocycles. The summed E-state index contributed by atoms with van der Waals surface area (Å²) in [4.78, 5) is 22.5. The molecule has 2 fully saturated rings. The van der Waals surface area contributed by atoms with E-state index in [0.717, 1.165) is 67.6 Å². The Kier molecular flexibility index (Phi) is 7.10. The number of aromatic hydroxyl groups is 1. The summed E-state index contributed by atoms with van der Waals surface area (Å²) in [5.41, 5.74) is 1.86. The number of nitrogens with one attached hydrogen (secondary N) is 1. The van der Waals surface area contributed by atoms with Crippen LogP contribution in [0.2, 0.25) is 0 Å². The van der Waals surface area contributed by atoms with Crippen LogP contribution in [0.4, 0.5) is 11.8 Å². The number of morpholine rings is 1. The molecule has 186 valence electrons. The van der Waals surface area contributed by atoms with E-state index in [0.29, 0.717) is 31.1 Å². The normalized spacial score (nSPS) is 20.8. The van der Waals surface area contributed by atoms with Gasteiger partial charge in [0.15, 0.2) is 0 Å². The van der Waals surface area contributed by atoms with Gasteiger partial charge in [0.05, 0.1) is 30.3 Å². The summed E-state index contributed by atoms with van der Waals surface area (Å²) in [6.07, 6.45) is 8.98. The number of pyridine rings is 2. The van der Waals surface area contributed by atoms with Gasteiger partial charge in [-0.3, -0.25) is 4.98 Å². The summed E-state index contributed by atoms with van der Waals surface area (Å²) in [5, 5.41) is 14.2. The molecule has 35 heavy (non-hydrogen) atoms. The van der Waals surface area contributed by atoms with E-state index in [1.165, 1.54) is 6.20 Å². The molecule has 10 nitrogen and oxygen atoms in total. The maximum absolute atomic E-state index is 10.0. The lowest BCUT2D eigenvalue weighted by Gasteiger charge is -2.31. The molecule has 0 unspecified atom stereocenters. The van der Waals surface area contributed by atoms with Gasteiger partial charge in [0.2, 0.25) is 11.8 Å². The van der Waals surface area contributed by atoms with Gasteiger partial charge in [0.25, 0.3) is 0 Å². The number of aromatic nitrogens is 4. The topological polar surface area (TPSA) is 109 Å². The molecule has 1 aliphatic carbocycles. The van der Waals surface area contributed by atoms with E-state index in [9.17, 15) is 5.11 Å². The summed E-state index contributed by atoms with van der Waals surface area (Å²) in [6, 6.07) is 3.94. The van der Waals surface area contributed by atoms with E-state index in [-0.39, 0.29) is 11.9 Å². The van der Waals surface area contributed by atoms with Crippen LogP contribution in [-0.4, -0.2) is 82.5 Å². The fourth-order valence-corrected chi connectivity index (χ4v) is 4.66. The number of fused-ring (bicyclic) bond motifs is 1. The highest BCUT2D eigenvalue weighted by Crippen LogP contribution is 2.33. The Hall–Kier alpha value is -3.24. The van der Waals surface area contributed by atoms with Gasteiger partial charge in [0, 0.05) is 49.7 Å². The van der Waals surface area contributed by atoms with Crippen molar-refractivity contribution in [3.05, 3.63) is 36.3 Å². The van der Waals surface area contributed by atoms with Crippen LogP contribution in [0.25, 0.3) is 10.9 Å². The maximum Gasteiger partial charge on any atom is 0.225 e. The summed E-state index contributed by atoms with van der Waals surface area (Å²) in [5.74, 6) is 2.14. The SMILES string of the molecule is CN(C)Cc1cnc(NC2CCC(Oc3nc(N4CCOCC4)cc4ncc(O)cc34)CC2)nc1. The second kappa shape index (κ2) is 10.6. The smallest absolute Gasteiger partial charge is 0.225 e. The van der Waals surface area contributed by atoms with Crippen molar-refractivity contribution in [3.63, 3.8) is 0 Å². The Morgan fingerprint density at radius 2 is 1.80 bits per heavy atom. The molecular formula is C25H33N7O3. The molecule has 0 radical (unpaired) electrons. The van der Waals surface area contributed by atoms with Gasteiger partial charge >= 0.3 is 0 Å². The minimum atomic E-state index is 0.0504. The van der Waals surface area contributed by atoms with Gasteiger partial charge in [-0.05, 0) is 45.8 Å². The van der Waals surface area contributed by atoms with Crippen molar-refractivity contribution in [1.82, 2.24) is 24.8 Å². The monoisotopic (exact) mass is 479 g/mol. The van der Waals surface area contributed by atoms with Crippen molar-refractivity contribution in [2.24, 2.45) is 0 Å². The average Bonchev–Trinajstić information content (AvgIpc) is 2.87. The van der Waals surface area contributed by atoms with Crippen molar-refractivity contribution < 1.29 is 14.6 Å². The van der Waals surface area contributed by atoms with Gasteiger partial charge in [-0.15, -0.1) is 0 Å². The Labute approximate surface area is 205 Å². The minimum absolute atomic E-state index is 0.0504. The first-order valence-corrected chi connectivity index (χ1v) is 12.2. The largest absolute Gasteiger partial charge is 0.506 e. The highest BCUT2D eigenvalue weighted by molar-refractivity contribution is 5.86. The molecule has 10 heteroatoms. The minimum Gasteiger partial charge on any atom is -0.506 e. The Bertz CT molecular complexity index is 1130. The highest BCUT2D eigenvalue weighted by atomic mass is 16.5. The van der Waals surface area contributed by atoms with Gasteiger partial charge in [0.1, 0.15) is 17.7 Å². The van der Waals surface area contributed by atoms with E-state index in [1.54, 1.807) is 6.07 Å². The van der Waals surface area contributed by atoms with Crippen LogP contribution in [0.15, 0.2) is 30.7 Å². The third kappa shape index (κ3) is 5.88. The molecule has 3 aromatic rings. The number of rotatable bonds is 7. The van der Waals surface area contributed by atoms with Crippen molar-refractivity contribution in [2.45, 2.75) is 44.4 Å². The highest BCUT2D eigenvalue weighted by Gasteiger charge is 2.25. The summed E-state index contributed by atoms with van der Waals surface area (Å²) >= 11 is 0. The zero-order valence-corrected chi connectivity index (χ0v) is 20.4. The summed E-state index contributed by atoms with van der Waals surface area (Å²) in [6.45, 7) is 3.75. The lowest BCUT2D eigenvalue weighted by molar-refractivity contribution is 0.122. The first-order valence-electron chi connectivity index (χ1n) is 12.2. The molecule has 5 rings (SSSR count). The molecule has 1 saturated heterocycles. The van der Waals surface area contributed by atoms with Crippen molar-refractivity contribution in [3.8, 4) is 11.6 Å². The Morgan fingerprint density at radius 3 is 2.51 bits per heavy atom. The fourth-order valence-electron chi connectivity index (χ4n) is 4.66. The van der Waals surface area contributed by atoms with Crippen LogP contribution in [0.5, 0.6) is 11.6 Å². The van der Waals surface area contributed by atoms with Crippen LogP contribution in [0.3, 0.4) is 0 Å². The predicted molar refractivity (Wildman–Crippen MR) is 134 cm³/mol. The van der Waals surface area contributed by atoms with E-state index >= 15 is 0 Å². The number of hydrogen-bond acceptors (Lipinski definition) is 10. The third-order valence-electron chi connectivity index (χ3n) is 6.44. The zero-order valence-electron chi connectivity index (χ0n) is 20.4. The molecule has 0 amide bonds. The fraction of sp³-hybridized carbons (Fsp3) is 0.520. The molecule has 3 aromatic heterocycles. The number of anilines is 2. The lowest BCUT2D eigenvalue weighted by Crippen LogP contribution is -2.37. The average molecular weight is 480 g/mol. The van der Waals surface area contributed by atoms with Crippen LogP contribution >= 0.6 is 0 Å². The van der Waals surface area contributed by atoms with Crippen LogP contribution < -0.4 is 15.0 Å². The zero-order chi connectivity index (χ0) is 24.2. The molecule has 0 bridgehead atoms. The Morgan fingerprint density at radius 1 is 1.06 bits per heavy atom. The van der Waals surface area contributed by atoms with Gasteiger partial charge in [-0.25, -0.2) is 9.97 Å². The van der Waals surface area contributed by atoms with Crippen molar-refractivity contribution >= 4 is 22.7 Å². The van der Waals surface area contributed by atoms with Gasteiger partial charge in [-0.1, -0.05) is 0 Å². The lowest BCUT2D eigenvalue weighted by atomic mass is 9.93. The molecule has 0 spiro atoms. The summed E-state index contributed by atoms with van der Waals surface area (Å²) < 4.78 is 11.9. The molecule has 2 N–H and O–H groups in total. The quantitative estimate of drug-likeness (QED) is 0.525. The van der Waals surface area contributed by atoms with E-state index in [2.05, 4.69) is 30.1 Å². The Balaban J connectivity index is 1.24. The molecule has 2 aliphatic rings. The number of ether oxygens (including phenoxy) is 2. The van der Waals surface area contributed by atoms with Crippen molar-refractivity contribution in [1.29, 1.82) is 0 Å². The van der Waals surface area contributed by atoms with Crippen molar-refractivity contribution in [2.75, 3.05) is 50.6 Å². The number of nitrogens with zero attached hydrogens (tertiary/aromatic N) is 6. The predicted octanol–water partition coefficient (Wildman–Crippen LogP) is 2.83. The van der Waals surface area contributed by atoms with Gasteiger partial charge < -0.3 is 29.7 Å². The third-order valence-corrected chi connectivity index (χ3v) is 6.44. The molecule has 4 heterocycles. The first-order chi connectivity index (χ1) is 17.0. The maximum atomic E-state index is 10.0. The number of hydrogen-bond donors (Lipinski definition) is 2. The molecular weight excluding hydrogens is 446 g/mol. The second-order valence-electron chi connectivity index (χ2n) is 9.53. The first kappa shape index (κ1) is 23.5. The second-order valence-corrected chi connectivity index (χ2v) is 9.53. The molecule has 1 saturated carbocycles. The van der Waals surface area contributed by atoms with Crippen LogP contribution in [-0.2, 0) is 11.3 Å². The van der Waals surface area contributed by atoms with Crippen LogP contribution in [0, 0.1) is 0 Å². The molecule has 0 aromatic carbocycles. The van der Waals surface area contributed by atoms with E-state index in [1.807, 2.05) is 32.6 Å². The molecule has 0 atom stereocenters.